The van der Waals surface area contributed by atoms with Crippen molar-refractivity contribution in [2.24, 2.45) is 0 Å². The number of benzene rings is 2. The second-order valence-electron chi connectivity index (χ2n) is 7.58. The third kappa shape index (κ3) is 3.02. The lowest BCUT2D eigenvalue weighted by molar-refractivity contribution is -0.120. The number of anilines is 2. The van der Waals surface area contributed by atoms with Crippen LogP contribution in [0.5, 0.6) is 0 Å². The number of imide groups is 1. The van der Waals surface area contributed by atoms with E-state index >= 15 is 0 Å². The quantitative estimate of drug-likeness (QED) is 0.685. The standard InChI is InChI=1S/C21H19ClN4O3S/c22-18-15(3-1-4-16(18)25-12-9-17(27)23-19(25)28)13-5-7-14(8-6-13)26-20(29)24-30-21(26)10-2-11-21/h1,3-8H,2,9-12H2,(H,24,29)(H,23,27,28). The van der Waals surface area contributed by atoms with Crippen LogP contribution in [-0.2, 0) is 4.79 Å². The predicted molar refractivity (Wildman–Crippen MR) is 118 cm³/mol. The van der Waals surface area contributed by atoms with Gasteiger partial charge in [-0.15, -0.1) is 0 Å². The lowest BCUT2D eigenvalue weighted by Crippen LogP contribution is -2.49. The van der Waals surface area contributed by atoms with Gasteiger partial charge in [-0.3, -0.25) is 24.6 Å². The molecule has 5 rings (SSSR count). The SMILES string of the molecule is O=C1CCN(c2cccc(-c3ccc(N4C(=O)NSC45CCC5)cc3)c2Cl)C(=O)N1. The molecule has 0 aromatic heterocycles. The van der Waals surface area contributed by atoms with E-state index in [1.807, 2.05) is 41.3 Å². The Labute approximate surface area is 182 Å². The van der Waals surface area contributed by atoms with Gasteiger partial charge in [0, 0.05) is 24.2 Å². The van der Waals surface area contributed by atoms with Crippen molar-refractivity contribution in [2.45, 2.75) is 30.6 Å². The van der Waals surface area contributed by atoms with Gasteiger partial charge >= 0.3 is 12.1 Å². The summed E-state index contributed by atoms with van der Waals surface area (Å²) in [6.45, 7) is 0.288. The van der Waals surface area contributed by atoms with E-state index in [1.54, 1.807) is 6.07 Å². The summed E-state index contributed by atoms with van der Waals surface area (Å²) in [5, 5.41) is 2.76. The first-order valence-corrected chi connectivity index (χ1v) is 11.0. The fraction of sp³-hybridized carbons (Fsp3) is 0.286. The summed E-state index contributed by atoms with van der Waals surface area (Å²) in [5.74, 6) is -0.285. The highest BCUT2D eigenvalue weighted by Gasteiger charge is 2.51. The molecule has 3 fully saturated rings. The van der Waals surface area contributed by atoms with Gasteiger partial charge in [0.2, 0.25) is 5.91 Å². The molecule has 0 radical (unpaired) electrons. The fourth-order valence-electron chi connectivity index (χ4n) is 4.11. The molecule has 2 aromatic rings. The molecule has 30 heavy (non-hydrogen) atoms. The summed E-state index contributed by atoms with van der Waals surface area (Å²) in [6.07, 6.45) is 3.31. The molecule has 2 aliphatic heterocycles. The Morgan fingerprint density at radius 3 is 2.43 bits per heavy atom. The molecule has 3 aliphatic rings. The fourth-order valence-corrected chi connectivity index (χ4v) is 5.59. The lowest BCUT2D eigenvalue weighted by atomic mass is 9.90. The number of urea groups is 2. The highest BCUT2D eigenvalue weighted by molar-refractivity contribution is 8.00. The first-order chi connectivity index (χ1) is 14.5. The molecule has 154 valence electrons. The Bertz CT molecular complexity index is 1050. The molecule has 2 heterocycles. The Kier molecular flexibility index (Phi) is 4.63. The second-order valence-corrected chi connectivity index (χ2v) is 9.13. The van der Waals surface area contributed by atoms with Crippen molar-refractivity contribution < 1.29 is 14.4 Å². The van der Waals surface area contributed by atoms with E-state index in [4.69, 9.17) is 11.6 Å². The normalized spacial score (nSPS) is 20.2. The molecule has 0 unspecified atom stereocenters. The van der Waals surface area contributed by atoms with Gasteiger partial charge in [-0.05, 0) is 55.0 Å². The van der Waals surface area contributed by atoms with Crippen LogP contribution in [0.3, 0.4) is 0 Å². The van der Waals surface area contributed by atoms with E-state index in [0.717, 1.165) is 36.1 Å². The number of hydrogen-bond acceptors (Lipinski definition) is 4. The predicted octanol–water partition coefficient (Wildman–Crippen LogP) is 4.51. The van der Waals surface area contributed by atoms with Crippen LogP contribution < -0.4 is 19.8 Å². The van der Waals surface area contributed by atoms with Crippen LogP contribution in [-0.4, -0.2) is 29.4 Å². The van der Waals surface area contributed by atoms with Crippen molar-refractivity contribution in [2.75, 3.05) is 16.3 Å². The van der Waals surface area contributed by atoms with Crippen LogP contribution in [0.4, 0.5) is 21.0 Å². The summed E-state index contributed by atoms with van der Waals surface area (Å²) in [6, 6.07) is 12.7. The molecule has 0 atom stereocenters. The van der Waals surface area contributed by atoms with Crippen LogP contribution in [0.15, 0.2) is 42.5 Å². The van der Waals surface area contributed by atoms with E-state index < -0.39 is 6.03 Å². The smallest absolute Gasteiger partial charge is 0.292 e. The number of amides is 5. The maximum Gasteiger partial charge on any atom is 0.333 e. The van der Waals surface area contributed by atoms with Crippen LogP contribution in [0, 0.1) is 0 Å². The molecular formula is C21H19ClN4O3S. The zero-order valence-electron chi connectivity index (χ0n) is 16.0. The zero-order valence-corrected chi connectivity index (χ0v) is 17.6. The van der Waals surface area contributed by atoms with Gasteiger partial charge < -0.3 is 0 Å². The molecule has 2 N–H and O–H groups in total. The minimum Gasteiger partial charge on any atom is -0.292 e. The van der Waals surface area contributed by atoms with Crippen molar-refractivity contribution >= 4 is 52.9 Å². The molecule has 0 bridgehead atoms. The molecule has 1 saturated carbocycles. The number of halogens is 1. The number of carbonyl (C=O) groups excluding carboxylic acids is 3. The minimum absolute atomic E-state index is 0.0851. The number of carbonyl (C=O) groups is 3. The van der Waals surface area contributed by atoms with Gasteiger partial charge in [-0.2, -0.15) is 0 Å². The van der Waals surface area contributed by atoms with Gasteiger partial charge in [0.05, 0.1) is 10.7 Å². The van der Waals surface area contributed by atoms with Crippen LogP contribution >= 0.6 is 23.5 Å². The summed E-state index contributed by atoms with van der Waals surface area (Å²) >= 11 is 8.16. The van der Waals surface area contributed by atoms with Gasteiger partial charge in [-0.25, -0.2) is 9.59 Å². The molecule has 9 heteroatoms. The van der Waals surface area contributed by atoms with Gasteiger partial charge in [0.25, 0.3) is 0 Å². The molecule has 2 aromatic carbocycles. The molecule has 7 nitrogen and oxygen atoms in total. The Morgan fingerprint density at radius 1 is 1.00 bits per heavy atom. The maximum atomic E-state index is 12.4. The highest BCUT2D eigenvalue weighted by atomic mass is 35.5. The lowest BCUT2D eigenvalue weighted by Gasteiger charge is -2.42. The molecule has 5 amide bonds. The molecule has 1 spiro atoms. The van der Waals surface area contributed by atoms with Crippen molar-refractivity contribution in [1.82, 2.24) is 10.0 Å². The minimum atomic E-state index is -0.469. The van der Waals surface area contributed by atoms with Crippen molar-refractivity contribution in [3.05, 3.63) is 47.5 Å². The molecule has 1 aliphatic carbocycles. The first-order valence-electron chi connectivity index (χ1n) is 9.77. The number of hydrogen-bond donors (Lipinski definition) is 2. The maximum absolute atomic E-state index is 12.4. The third-order valence-corrected chi connectivity index (χ3v) is 7.48. The summed E-state index contributed by atoms with van der Waals surface area (Å²) in [5.41, 5.74) is 3.08. The largest absolute Gasteiger partial charge is 0.333 e. The summed E-state index contributed by atoms with van der Waals surface area (Å²) in [7, 11) is 0. The second kappa shape index (κ2) is 7.21. The van der Waals surface area contributed by atoms with E-state index in [1.165, 1.54) is 16.8 Å². The van der Waals surface area contributed by atoms with Gasteiger partial charge in [0.15, 0.2) is 0 Å². The number of nitrogens with zero attached hydrogens (tertiary/aromatic N) is 2. The van der Waals surface area contributed by atoms with Crippen LogP contribution in [0.1, 0.15) is 25.7 Å². The molecular weight excluding hydrogens is 424 g/mol. The number of nitrogens with one attached hydrogen (secondary N) is 2. The summed E-state index contributed by atoms with van der Waals surface area (Å²) < 4.78 is 2.88. The van der Waals surface area contributed by atoms with Crippen molar-refractivity contribution in [3.63, 3.8) is 0 Å². The van der Waals surface area contributed by atoms with Gasteiger partial charge in [-0.1, -0.05) is 35.9 Å². The first kappa shape index (κ1) is 19.3. The van der Waals surface area contributed by atoms with Crippen LogP contribution in [0.25, 0.3) is 11.1 Å². The van der Waals surface area contributed by atoms with Crippen LogP contribution in [0.2, 0.25) is 5.02 Å². The monoisotopic (exact) mass is 442 g/mol. The topological polar surface area (TPSA) is 81.8 Å². The third-order valence-electron chi connectivity index (χ3n) is 5.83. The Balaban J connectivity index is 1.45. The Morgan fingerprint density at radius 2 is 1.77 bits per heavy atom. The average molecular weight is 443 g/mol. The van der Waals surface area contributed by atoms with E-state index in [-0.39, 0.29) is 29.8 Å². The Hall–Kier alpha value is -2.71. The van der Waals surface area contributed by atoms with E-state index in [2.05, 4.69) is 10.0 Å². The average Bonchev–Trinajstić information content (AvgIpc) is 3.07. The van der Waals surface area contributed by atoms with E-state index in [9.17, 15) is 14.4 Å². The zero-order chi connectivity index (χ0) is 20.9. The summed E-state index contributed by atoms with van der Waals surface area (Å²) in [4.78, 5) is 39.2. The van der Waals surface area contributed by atoms with Gasteiger partial charge in [0.1, 0.15) is 4.87 Å². The molecule has 2 saturated heterocycles. The number of rotatable bonds is 3. The van der Waals surface area contributed by atoms with Crippen molar-refractivity contribution in [3.8, 4) is 11.1 Å². The highest BCUT2D eigenvalue weighted by Crippen LogP contribution is 2.51. The van der Waals surface area contributed by atoms with E-state index in [0.29, 0.717) is 10.7 Å². The van der Waals surface area contributed by atoms with Crippen molar-refractivity contribution in [1.29, 1.82) is 0 Å².